The summed E-state index contributed by atoms with van der Waals surface area (Å²) in [4.78, 5) is 3.98. The molecule has 0 fully saturated rings. The molecule has 3 heteroatoms. The number of hydrogen-bond donors (Lipinski definition) is 2. The zero-order chi connectivity index (χ0) is 10.2. The van der Waals surface area contributed by atoms with E-state index >= 15 is 0 Å². The second-order valence-corrected chi connectivity index (χ2v) is 3.62. The van der Waals surface area contributed by atoms with Crippen LogP contribution in [-0.2, 0) is 6.42 Å². The van der Waals surface area contributed by atoms with Gasteiger partial charge in [0, 0.05) is 18.4 Å². The molecule has 1 aromatic rings. The summed E-state index contributed by atoms with van der Waals surface area (Å²) in [7, 11) is 0. The maximum atomic E-state index is 5.64. The summed E-state index contributed by atoms with van der Waals surface area (Å²) >= 11 is 0. The number of hydrogen-bond acceptors (Lipinski definition) is 3. The summed E-state index contributed by atoms with van der Waals surface area (Å²) < 4.78 is 0. The largest absolute Gasteiger partial charge is 0.328 e. The van der Waals surface area contributed by atoms with E-state index in [1.807, 2.05) is 31.5 Å². The van der Waals surface area contributed by atoms with E-state index in [1.165, 1.54) is 5.56 Å². The van der Waals surface area contributed by atoms with Gasteiger partial charge in [-0.3, -0.25) is 4.98 Å². The minimum absolute atomic E-state index is 0.295. The molecule has 0 radical (unpaired) electrons. The summed E-state index contributed by atoms with van der Waals surface area (Å²) in [5, 5.41) is 3.36. The highest BCUT2D eigenvalue weighted by Crippen LogP contribution is 1.95. The Bertz CT molecular complexity index is 234. The molecule has 3 N–H and O–H groups in total. The summed E-state index contributed by atoms with van der Waals surface area (Å²) in [5.41, 5.74) is 6.96. The van der Waals surface area contributed by atoms with E-state index in [4.69, 9.17) is 5.73 Å². The van der Waals surface area contributed by atoms with E-state index < -0.39 is 0 Å². The van der Waals surface area contributed by atoms with Gasteiger partial charge in [-0.1, -0.05) is 0 Å². The average Bonchev–Trinajstić information content (AvgIpc) is 2.18. The molecule has 0 aliphatic rings. The molecule has 1 atom stereocenters. The maximum absolute atomic E-state index is 5.64. The minimum Gasteiger partial charge on any atom is -0.328 e. The third-order valence-electron chi connectivity index (χ3n) is 2.12. The van der Waals surface area contributed by atoms with E-state index in [0.717, 1.165) is 25.9 Å². The zero-order valence-electron chi connectivity index (χ0n) is 8.74. The maximum Gasteiger partial charge on any atom is 0.0270 e. The number of aromatic nitrogens is 1. The quantitative estimate of drug-likeness (QED) is 0.661. The van der Waals surface area contributed by atoms with Crippen molar-refractivity contribution in [1.82, 2.24) is 10.3 Å². The Morgan fingerprint density at radius 1 is 1.36 bits per heavy atom. The van der Waals surface area contributed by atoms with Crippen molar-refractivity contribution in [2.45, 2.75) is 25.8 Å². The third-order valence-corrected chi connectivity index (χ3v) is 2.12. The van der Waals surface area contributed by atoms with Gasteiger partial charge in [0.1, 0.15) is 0 Å². The van der Waals surface area contributed by atoms with Crippen LogP contribution in [0.25, 0.3) is 0 Å². The van der Waals surface area contributed by atoms with E-state index in [9.17, 15) is 0 Å². The predicted molar refractivity (Wildman–Crippen MR) is 59.1 cm³/mol. The van der Waals surface area contributed by atoms with Crippen molar-refractivity contribution in [2.24, 2.45) is 5.73 Å². The third kappa shape index (κ3) is 4.94. The molecule has 0 aliphatic carbocycles. The molecular weight excluding hydrogens is 174 g/mol. The lowest BCUT2D eigenvalue weighted by atomic mass is 10.2. The molecule has 78 valence electrons. The van der Waals surface area contributed by atoms with Gasteiger partial charge < -0.3 is 11.1 Å². The Morgan fingerprint density at radius 2 is 2.07 bits per heavy atom. The van der Waals surface area contributed by atoms with Crippen molar-refractivity contribution in [3.8, 4) is 0 Å². The minimum atomic E-state index is 0.295. The smallest absolute Gasteiger partial charge is 0.0270 e. The van der Waals surface area contributed by atoms with Crippen molar-refractivity contribution in [3.05, 3.63) is 30.1 Å². The first-order valence-corrected chi connectivity index (χ1v) is 5.14. The van der Waals surface area contributed by atoms with Crippen LogP contribution in [0.4, 0.5) is 0 Å². The van der Waals surface area contributed by atoms with Gasteiger partial charge in [-0.15, -0.1) is 0 Å². The van der Waals surface area contributed by atoms with E-state index in [-0.39, 0.29) is 0 Å². The highest BCUT2D eigenvalue weighted by atomic mass is 14.8. The highest BCUT2D eigenvalue weighted by Gasteiger charge is 1.94. The van der Waals surface area contributed by atoms with Crippen LogP contribution in [0.1, 0.15) is 18.9 Å². The van der Waals surface area contributed by atoms with Gasteiger partial charge in [-0.05, 0) is 50.6 Å². The molecule has 0 amide bonds. The van der Waals surface area contributed by atoms with Gasteiger partial charge in [0.2, 0.25) is 0 Å². The Hall–Kier alpha value is -0.930. The van der Waals surface area contributed by atoms with Crippen LogP contribution in [0, 0.1) is 0 Å². The van der Waals surface area contributed by atoms with Crippen LogP contribution in [0.2, 0.25) is 0 Å². The van der Waals surface area contributed by atoms with Crippen molar-refractivity contribution in [1.29, 1.82) is 0 Å². The molecule has 0 saturated carbocycles. The first kappa shape index (κ1) is 11.1. The lowest BCUT2D eigenvalue weighted by Crippen LogP contribution is -2.25. The lowest BCUT2D eigenvalue weighted by Gasteiger charge is -2.06. The standard InChI is InChI=1S/C11H19N3/c1-10(12)2-6-13-7-3-11-4-8-14-9-5-11/h4-5,8-10,13H,2-3,6-7,12H2,1H3. The van der Waals surface area contributed by atoms with Crippen molar-refractivity contribution in [3.63, 3.8) is 0 Å². The van der Waals surface area contributed by atoms with Gasteiger partial charge in [0.15, 0.2) is 0 Å². The fraction of sp³-hybridized carbons (Fsp3) is 0.545. The Morgan fingerprint density at radius 3 is 2.71 bits per heavy atom. The molecule has 0 bridgehead atoms. The molecule has 1 rings (SSSR count). The molecule has 1 heterocycles. The van der Waals surface area contributed by atoms with Crippen LogP contribution in [-0.4, -0.2) is 24.1 Å². The molecule has 0 aromatic carbocycles. The number of nitrogens with zero attached hydrogens (tertiary/aromatic N) is 1. The summed E-state index contributed by atoms with van der Waals surface area (Å²) in [5.74, 6) is 0. The topological polar surface area (TPSA) is 50.9 Å². The second kappa shape index (κ2) is 6.51. The van der Waals surface area contributed by atoms with Crippen molar-refractivity contribution in [2.75, 3.05) is 13.1 Å². The molecule has 1 aromatic heterocycles. The molecule has 3 nitrogen and oxygen atoms in total. The molecule has 0 spiro atoms. The van der Waals surface area contributed by atoms with Gasteiger partial charge in [0.05, 0.1) is 0 Å². The molecule has 1 unspecified atom stereocenters. The lowest BCUT2D eigenvalue weighted by molar-refractivity contribution is 0.590. The normalized spacial score (nSPS) is 12.7. The number of pyridine rings is 1. The average molecular weight is 193 g/mol. The van der Waals surface area contributed by atoms with E-state index in [1.54, 1.807) is 0 Å². The van der Waals surface area contributed by atoms with Crippen LogP contribution < -0.4 is 11.1 Å². The van der Waals surface area contributed by atoms with Crippen molar-refractivity contribution >= 4 is 0 Å². The fourth-order valence-electron chi connectivity index (χ4n) is 1.24. The molecular formula is C11H19N3. The van der Waals surface area contributed by atoms with Gasteiger partial charge in [-0.25, -0.2) is 0 Å². The molecule has 14 heavy (non-hydrogen) atoms. The summed E-state index contributed by atoms with van der Waals surface area (Å²) in [6, 6.07) is 4.39. The predicted octanol–water partition coefficient (Wildman–Crippen LogP) is 0.951. The van der Waals surface area contributed by atoms with Crippen LogP contribution >= 0.6 is 0 Å². The van der Waals surface area contributed by atoms with E-state index in [0.29, 0.717) is 6.04 Å². The summed E-state index contributed by atoms with van der Waals surface area (Å²) in [6.07, 6.45) is 5.76. The fourth-order valence-corrected chi connectivity index (χ4v) is 1.24. The molecule has 0 saturated heterocycles. The van der Waals surface area contributed by atoms with Crippen LogP contribution in [0.15, 0.2) is 24.5 Å². The number of rotatable bonds is 6. The Kier molecular flexibility index (Phi) is 5.19. The Labute approximate surface area is 85.7 Å². The van der Waals surface area contributed by atoms with Gasteiger partial charge >= 0.3 is 0 Å². The van der Waals surface area contributed by atoms with Gasteiger partial charge in [-0.2, -0.15) is 0 Å². The van der Waals surface area contributed by atoms with Gasteiger partial charge in [0.25, 0.3) is 0 Å². The first-order chi connectivity index (χ1) is 6.79. The van der Waals surface area contributed by atoms with Crippen molar-refractivity contribution < 1.29 is 0 Å². The summed E-state index contributed by atoms with van der Waals surface area (Å²) in [6.45, 7) is 4.05. The Balaban J connectivity index is 2.05. The zero-order valence-corrected chi connectivity index (χ0v) is 8.74. The highest BCUT2D eigenvalue weighted by molar-refractivity contribution is 5.09. The number of nitrogens with two attached hydrogens (primary N) is 1. The molecule has 0 aliphatic heterocycles. The first-order valence-electron chi connectivity index (χ1n) is 5.14. The van der Waals surface area contributed by atoms with Crippen LogP contribution in [0.3, 0.4) is 0 Å². The van der Waals surface area contributed by atoms with Crippen LogP contribution in [0.5, 0.6) is 0 Å². The van der Waals surface area contributed by atoms with E-state index in [2.05, 4.69) is 10.3 Å². The number of nitrogens with one attached hydrogen (secondary N) is 1. The monoisotopic (exact) mass is 193 g/mol. The second-order valence-electron chi connectivity index (χ2n) is 3.62. The SMILES string of the molecule is CC(N)CCNCCc1ccncc1.